The van der Waals surface area contributed by atoms with Gasteiger partial charge in [0, 0.05) is 28.9 Å². The molecule has 0 amide bonds. The topological polar surface area (TPSA) is 59.8 Å². The van der Waals surface area contributed by atoms with Gasteiger partial charge in [-0.2, -0.15) is 5.10 Å². The number of hydrogen-bond acceptors (Lipinski definition) is 4. The van der Waals surface area contributed by atoms with Crippen LogP contribution in [0.4, 0.5) is 5.69 Å². The van der Waals surface area contributed by atoms with E-state index in [2.05, 4.69) is 15.4 Å². The molecule has 0 bridgehead atoms. The highest BCUT2D eigenvalue weighted by Gasteiger charge is 2.17. The van der Waals surface area contributed by atoms with Gasteiger partial charge in [-0.1, -0.05) is 35.3 Å². The van der Waals surface area contributed by atoms with Gasteiger partial charge in [0.1, 0.15) is 12.2 Å². The van der Waals surface area contributed by atoms with Gasteiger partial charge >= 0.3 is 0 Å². The highest BCUT2D eigenvalue weighted by molar-refractivity contribution is 6.35. The molecule has 0 atom stereocenters. The van der Waals surface area contributed by atoms with Gasteiger partial charge in [0.15, 0.2) is 5.78 Å². The van der Waals surface area contributed by atoms with Crippen LogP contribution < -0.4 is 5.32 Å². The number of nitrogens with one attached hydrogen (secondary N) is 1. The fourth-order valence-corrected chi connectivity index (χ4v) is 2.70. The monoisotopic (exact) mass is 360 g/mol. The van der Waals surface area contributed by atoms with Crippen LogP contribution in [0.3, 0.4) is 0 Å². The van der Waals surface area contributed by atoms with Crippen molar-refractivity contribution in [2.24, 2.45) is 7.05 Å². The van der Waals surface area contributed by atoms with E-state index in [-0.39, 0.29) is 5.78 Å². The van der Waals surface area contributed by atoms with Gasteiger partial charge < -0.3 is 5.32 Å². The van der Waals surface area contributed by atoms with Crippen molar-refractivity contribution in [3.63, 3.8) is 0 Å². The number of nitrogens with zero attached hydrogens (tertiary/aromatic N) is 3. The van der Waals surface area contributed by atoms with Crippen molar-refractivity contribution in [3.05, 3.63) is 75.8 Å². The van der Waals surface area contributed by atoms with E-state index < -0.39 is 0 Å². The van der Waals surface area contributed by atoms with Crippen LogP contribution in [-0.2, 0) is 13.6 Å². The van der Waals surface area contributed by atoms with E-state index in [1.165, 1.54) is 6.33 Å². The maximum absolute atomic E-state index is 12.9. The minimum atomic E-state index is -0.191. The predicted octanol–water partition coefficient (Wildman–Crippen LogP) is 3.97. The normalized spacial score (nSPS) is 10.6. The van der Waals surface area contributed by atoms with Crippen LogP contribution in [0.25, 0.3) is 0 Å². The van der Waals surface area contributed by atoms with Gasteiger partial charge in [-0.15, -0.1) is 0 Å². The molecule has 7 heteroatoms. The van der Waals surface area contributed by atoms with Crippen LogP contribution in [0.2, 0.25) is 10.0 Å². The Labute approximate surface area is 149 Å². The zero-order chi connectivity index (χ0) is 17.1. The molecule has 0 aliphatic heterocycles. The minimum absolute atomic E-state index is 0.191. The molecule has 3 aromatic rings. The Morgan fingerprint density at radius 3 is 2.67 bits per heavy atom. The first-order chi connectivity index (χ1) is 11.6. The van der Waals surface area contributed by atoms with Crippen LogP contribution in [0, 0.1) is 0 Å². The van der Waals surface area contributed by atoms with E-state index in [0.29, 0.717) is 33.4 Å². The van der Waals surface area contributed by atoms with E-state index in [1.807, 2.05) is 7.05 Å². The van der Waals surface area contributed by atoms with Crippen LogP contribution in [0.15, 0.2) is 48.8 Å². The van der Waals surface area contributed by atoms with E-state index in [1.54, 1.807) is 47.1 Å². The number of rotatable bonds is 5. The van der Waals surface area contributed by atoms with Crippen LogP contribution in [0.5, 0.6) is 0 Å². The Hall–Kier alpha value is -2.37. The summed E-state index contributed by atoms with van der Waals surface area (Å²) in [6.45, 7) is 0.431. The van der Waals surface area contributed by atoms with Gasteiger partial charge in [-0.05, 0) is 30.3 Å². The predicted molar refractivity (Wildman–Crippen MR) is 94.7 cm³/mol. The smallest absolute Gasteiger partial charge is 0.196 e. The molecule has 0 aliphatic carbocycles. The van der Waals surface area contributed by atoms with Crippen molar-refractivity contribution in [2.75, 3.05) is 5.32 Å². The average Bonchev–Trinajstić information content (AvgIpc) is 2.98. The van der Waals surface area contributed by atoms with E-state index in [0.717, 1.165) is 5.82 Å². The summed E-state index contributed by atoms with van der Waals surface area (Å²) in [6, 6.07) is 12.1. The van der Waals surface area contributed by atoms with Gasteiger partial charge in [-0.25, -0.2) is 4.98 Å². The molecular weight excluding hydrogens is 347 g/mol. The molecule has 122 valence electrons. The molecule has 0 fully saturated rings. The van der Waals surface area contributed by atoms with Crippen LogP contribution >= 0.6 is 23.2 Å². The molecule has 1 aromatic heterocycles. The molecular formula is C17H14Cl2N4O. The van der Waals surface area contributed by atoms with Gasteiger partial charge in [0.2, 0.25) is 0 Å². The van der Waals surface area contributed by atoms with Gasteiger partial charge in [-0.3, -0.25) is 9.48 Å². The number of benzene rings is 2. The summed E-state index contributed by atoms with van der Waals surface area (Å²) in [4.78, 5) is 17.0. The average molecular weight is 361 g/mol. The first-order valence-electron chi connectivity index (χ1n) is 7.22. The third-order valence-corrected chi connectivity index (χ3v) is 4.15. The molecule has 0 unspecified atom stereocenters. The third kappa shape index (κ3) is 3.42. The van der Waals surface area contributed by atoms with Crippen molar-refractivity contribution in [2.45, 2.75) is 6.54 Å². The van der Waals surface area contributed by atoms with Gasteiger partial charge in [0.05, 0.1) is 11.6 Å². The molecule has 3 rings (SSSR count). The zero-order valence-electron chi connectivity index (χ0n) is 12.8. The molecule has 0 spiro atoms. The van der Waals surface area contributed by atoms with Crippen LogP contribution in [0.1, 0.15) is 21.7 Å². The number of anilines is 1. The molecule has 5 nitrogen and oxygen atoms in total. The first-order valence-corrected chi connectivity index (χ1v) is 7.97. The Kier molecular flexibility index (Phi) is 4.83. The number of halogens is 2. The molecule has 0 radical (unpaired) electrons. The second-order valence-electron chi connectivity index (χ2n) is 5.15. The maximum Gasteiger partial charge on any atom is 0.196 e. The standard InChI is InChI=1S/C17H14Cl2N4O/c1-23-16(21-10-22-23)9-20-15-7-6-11(18)8-13(15)17(24)12-4-2-3-5-14(12)19/h2-8,10,20H,9H2,1H3. The molecule has 0 saturated carbocycles. The summed E-state index contributed by atoms with van der Waals surface area (Å²) in [7, 11) is 1.81. The Bertz CT molecular complexity index is 892. The number of ketones is 1. The number of carbonyl (C=O) groups is 1. The van der Waals surface area contributed by atoms with E-state index in [4.69, 9.17) is 23.2 Å². The lowest BCUT2D eigenvalue weighted by Gasteiger charge is -2.12. The number of hydrogen-bond donors (Lipinski definition) is 1. The number of aryl methyl sites for hydroxylation is 1. The third-order valence-electron chi connectivity index (χ3n) is 3.59. The van der Waals surface area contributed by atoms with Crippen molar-refractivity contribution < 1.29 is 4.79 Å². The Morgan fingerprint density at radius 1 is 1.17 bits per heavy atom. The van der Waals surface area contributed by atoms with Crippen molar-refractivity contribution in [3.8, 4) is 0 Å². The van der Waals surface area contributed by atoms with Gasteiger partial charge in [0.25, 0.3) is 0 Å². The summed E-state index contributed by atoms with van der Waals surface area (Å²) in [5, 5.41) is 8.11. The summed E-state index contributed by atoms with van der Waals surface area (Å²) in [5.74, 6) is 0.560. The Morgan fingerprint density at radius 2 is 1.96 bits per heavy atom. The molecule has 1 N–H and O–H groups in total. The number of carbonyl (C=O) groups excluding carboxylic acids is 1. The lowest BCUT2D eigenvalue weighted by atomic mass is 10.0. The largest absolute Gasteiger partial charge is 0.377 e. The second kappa shape index (κ2) is 7.03. The minimum Gasteiger partial charge on any atom is -0.377 e. The fourth-order valence-electron chi connectivity index (χ4n) is 2.30. The van der Waals surface area contributed by atoms with E-state index in [9.17, 15) is 4.79 Å². The second-order valence-corrected chi connectivity index (χ2v) is 6.00. The maximum atomic E-state index is 12.9. The molecule has 0 aliphatic rings. The van der Waals surface area contributed by atoms with Crippen LogP contribution in [-0.4, -0.2) is 20.5 Å². The fraction of sp³-hybridized carbons (Fsp3) is 0.118. The lowest BCUT2D eigenvalue weighted by Crippen LogP contribution is -2.11. The highest BCUT2D eigenvalue weighted by atomic mass is 35.5. The summed E-state index contributed by atoms with van der Waals surface area (Å²) >= 11 is 12.2. The van der Waals surface area contributed by atoms with Crippen molar-refractivity contribution >= 4 is 34.7 Å². The quantitative estimate of drug-likeness (QED) is 0.699. The SMILES string of the molecule is Cn1ncnc1CNc1ccc(Cl)cc1C(=O)c1ccccc1Cl. The molecule has 2 aromatic carbocycles. The highest BCUT2D eigenvalue weighted by Crippen LogP contribution is 2.26. The lowest BCUT2D eigenvalue weighted by molar-refractivity contribution is 0.103. The first kappa shape index (κ1) is 16.5. The Balaban J connectivity index is 1.92. The summed E-state index contributed by atoms with van der Waals surface area (Å²) in [6.07, 6.45) is 1.48. The molecule has 1 heterocycles. The molecule has 24 heavy (non-hydrogen) atoms. The molecule has 0 saturated heterocycles. The summed E-state index contributed by atoms with van der Waals surface area (Å²) < 4.78 is 1.67. The van der Waals surface area contributed by atoms with Crippen molar-refractivity contribution in [1.29, 1.82) is 0 Å². The summed E-state index contributed by atoms with van der Waals surface area (Å²) in [5.41, 5.74) is 1.55. The van der Waals surface area contributed by atoms with Crippen molar-refractivity contribution in [1.82, 2.24) is 14.8 Å². The zero-order valence-corrected chi connectivity index (χ0v) is 14.3. The number of aromatic nitrogens is 3. The van der Waals surface area contributed by atoms with E-state index >= 15 is 0 Å².